The van der Waals surface area contributed by atoms with Gasteiger partial charge in [-0.05, 0) is 43.0 Å². The van der Waals surface area contributed by atoms with Crippen LogP contribution in [0.25, 0.3) is 0 Å². The standard InChI is InChI=1S/C20H34O3Si/c1-20(2,3)24(5,6)23-19-17(21-4)13-10-14-18(19)22-15-16-11-8-7-9-12-16/h7-9,11-12,17-19H,10,13-15H2,1-6H3/t17-,18-,19?/m1/s1. The Morgan fingerprint density at radius 2 is 1.67 bits per heavy atom. The molecule has 1 unspecified atom stereocenters. The molecular formula is C20H34O3Si. The van der Waals surface area contributed by atoms with Crippen molar-refractivity contribution in [1.82, 2.24) is 0 Å². The normalized spacial score (nSPS) is 25.7. The van der Waals surface area contributed by atoms with E-state index in [9.17, 15) is 0 Å². The van der Waals surface area contributed by atoms with Crippen molar-refractivity contribution >= 4 is 8.32 Å². The van der Waals surface area contributed by atoms with E-state index >= 15 is 0 Å². The third-order valence-corrected chi connectivity index (χ3v) is 10.0. The minimum Gasteiger partial charge on any atom is -0.409 e. The van der Waals surface area contributed by atoms with Gasteiger partial charge in [0.15, 0.2) is 8.32 Å². The summed E-state index contributed by atoms with van der Waals surface area (Å²) in [4.78, 5) is 0. The van der Waals surface area contributed by atoms with Crippen LogP contribution in [0.3, 0.4) is 0 Å². The van der Waals surface area contributed by atoms with E-state index in [0.717, 1.165) is 19.3 Å². The van der Waals surface area contributed by atoms with Crippen LogP contribution < -0.4 is 0 Å². The summed E-state index contributed by atoms with van der Waals surface area (Å²) in [6.07, 6.45) is 3.52. The van der Waals surface area contributed by atoms with Gasteiger partial charge in [-0.1, -0.05) is 51.1 Å². The van der Waals surface area contributed by atoms with Gasteiger partial charge in [0.25, 0.3) is 0 Å². The molecule has 0 radical (unpaired) electrons. The first-order valence-corrected chi connectivity index (χ1v) is 12.0. The molecule has 1 saturated carbocycles. The van der Waals surface area contributed by atoms with Gasteiger partial charge in [-0.3, -0.25) is 0 Å². The average molecular weight is 351 g/mol. The van der Waals surface area contributed by atoms with Crippen LogP contribution >= 0.6 is 0 Å². The highest BCUT2D eigenvalue weighted by Gasteiger charge is 2.44. The quantitative estimate of drug-likeness (QED) is 0.663. The van der Waals surface area contributed by atoms with Crippen LogP contribution in [0.5, 0.6) is 0 Å². The molecule has 0 amide bonds. The zero-order valence-corrected chi connectivity index (χ0v) is 17.2. The molecule has 3 nitrogen and oxygen atoms in total. The second-order valence-electron chi connectivity index (χ2n) is 8.38. The van der Waals surface area contributed by atoms with Crippen molar-refractivity contribution < 1.29 is 13.9 Å². The maximum atomic E-state index is 6.74. The van der Waals surface area contributed by atoms with Crippen LogP contribution in [0.1, 0.15) is 45.6 Å². The van der Waals surface area contributed by atoms with Gasteiger partial charge in [0, 0.05) is 7.11 Å². The molecule has 0 heterocycles. The van der Waals surface area contributed by atoms with Gasteiger partial charge in [0.05, 0.1) is 24.9 Å². The summed E-state index contributed by atoms with van der Waals surface area (Å²) in [6, 6.07) is 10.4. The molecular weight excluding hydrogens is 316 g/mol. The molecule has 1 aromatic rings. The van der Waals surface area contributed by atoms with Crippen LogP contribution in [0.15, 0.2) is 30.3 Å². The number of hydrogen-bond acceptors (Lipinski definition) is 3. The zero-order valence-electron chi connectivity index (χ0n) is 16.2. The highest BCUT2D eigenvalue weighted by Crippen LogP contribution is 2.40. The molecule has 0 aromatic heterocycles. The fourth-order valence-corrected chi connectivity index (χ4v) is 4.30. The van der Waals surface area contributed by atoms with Gasteiger partial charge >= 0.3 is 0 Å². The van der Waals surface area contributed by atoms with Crippen molar-refractivity contribution in [1.29, 1.82) is 0 Å². The summed E-state index contributed by atoms with van der Waals surface area (Å²) in [5, 5.41) is 0.187. The molecule has 2 rings (SSSR count). The van der Waals surface area contributed by atoms with Crippen molar-refractivity contribution in [2.24, 2.45) is 0 Å². The molecule has 4 heteroatoms. The highest BCUT2D eigenvalue weighted by molar-refractivity contribution is 6.74. The third-order valence-electron chi connectivity index (χ3n) is 5.56. The van der Waals surface area contributed by atoms with E-state index in [1.54, 1.807) is 7.11 Å². The molecule has 24 heavy (non-hydrogen) atoms. The predicted octanol–water partition coefficient (Wildman–Crippen LogP) is 5.16. The monoisotopic (exact) mass is 350 g/mol. The van der Waals surface area contributed by atoms with E-state index in [4.69, 9.17) is 13.9 Å². The molecule has 1 aromatic carbocycles. The van der Waals surface area contributed by atoms with Gasteiger partial charge < -0.3 is 13.9 Å². The maximum Gasteiger partial charge on any atom is 0.192 e. The second kappa shape index (κ2) is 8.13. The van der Waals surface area contributed by atoms with Gasteiger partial charge in [0.2, 0.25) is 0 Å². The summed E-state index contributed by atoms with van der Waals surface area (Å²) in [7, 11) is -0.0626. The van der Waals surface area contributed by atoms with Gasteiger partial charge in [-0.2, -0.15) is 0 Å². The first kappa shape index (κ1) is 19.6. The maximum absolute atomic E-state index is 6.74. The van der Waals surface area contributed by atoms with Crippen molar-refractivity contribution in [2.45, 2.75) is 83.1 Å². The topological polar surface area (TPSA) is 27.7 Å². The Balaban J connectivity index is 2.09. The van der Waals surface area contributed by atoms with Crippen LogP contribution in [0.2, 0.25) is 18.1 Å². The summed E-state index contributed by atoms with van der Waals surface area (Å²) in [5.74, 6) is 0. The van der Waals surface area contributed by atoms with Gasteiger partial charge in [-0.25, -0.2) is 0 Å². The Bertz CT molecular complexity index is 495. The fraction of sp³-hybridized carbons (Fsp3) is 0.700. The molecule has 0 saturated heterocycles. The van der Waals surface area contributed by atoms with Gasteiger partial charge in [-0.15, -0.1) is 0 Å². The van der Waals surface area contributed by atoms with E-state index in [2.05, 4.69) is 58.1 Å². The Kier molecular flexibility index (Phi) is 6.65. The molecule has 0 aliphatic heterocycles. The van der Waals surface area contributed by atoms with Crippen molar-refractivity contribution in [3.8, 4) is 0 Å². The van der Waals surface area contributed by atoms with E-state index in [-0.39, 0.29) is 23.4 Å². The highest BCUT2D eigenvalue weighted by atomic mass is 28.4. The minimum atomic E-state index is -1.86. The SMILES string of the molecule is CO[C@@H]1CCC[C@@H](OCc2ccccc2)C1O[Si](C)(C)C(C)(C)C. The largest absolute Gasteiger partial charge is 0.409 e. The molecule has 1 aliphatic carbocycles. The third kappa shape index (κ3) is 4.91. The summed E-state index contributed by atoms with van der Waals surface area (Å²) >= 11 is 0. The Labute approximate surface area is 148 Å². The summed E-state index contributed by atoms with van der Waals surface area (Å²) in [5.41, 5.74) is 1.21. The molecule has 1 aliphatic rings. The molecule has 0 N–H and O–H groups in total. The number of benzene rings is 1. The van der Waals surface area contributed by atoms with Gasteiger partial charge in [0.1, 0.15) is 0 Å². The van der Waals surface area contributed by atoms with E-state index in [1.807, 2.05) is 6.07 Å². The lowest BCUT2D eigenvalue weighted by molar-refractivity contribution is -0.122. The Morgan fingerprint density at radius 1 is 1.04 bits per heavy atom. The smallest absolute Gasteiger partial charge is 0.192 e. The summed E-state index contributed by atoms with van der Waals surface area (Å²) < 4.78 is 18.8. The van der Waals surface area contributed by atoms with E-state index in [0.29, 0.717) is 6.61 Å². The number of methoxy groups -OCH3 is 1. The lowest BCUT2D eigenvalue weighted by atomic mass is 9.92. The molecule has 1 fully saturated rings. The molecule has 136 valence electrons. The first-order chi connectivity index (χ1) is 11.2. The van der Waals surface area contributed by atoms with Crippen molar-refractivity contribution in [2.75, 3.05) is 7.11 Å². The summed E-state index contributed by atoms with van der Waals surface area (Å²) in [6.45, 7) is 12.1. The van der Waals surface area contributed by atoms with E-state index in [1.165, 1.54) is 5.56 Å². The number of hydrogen-bond donors (Lipinski definition) is 0. The molecule has 0 spiro atoms. The van der Waals surface area contributed by atoms with E-state index < -0.39 is 8.32 Å². The molecule has 0 bridgehead atoms. The van der Waals surface area contributed by atoms with Crippen LogP contribution in [-0.4, -0.2) is 33.7 Å². The Morgan fingerprint density at radius 3 is 2.25 bits per heavy atom. The predicted molar refractivity (Wildman–Crippen MR) is 102 cm³/mol. The number of ether oxygens (including phenoxy) is 2. The average Bonchev–Trinajstić information content (AvgIpc) is 2.53. The zero-order chi connectivity index (χ0) is 17.8. The van der Waals surface area contributed by atoms with Crippen molar-refractivity contribution in [3.63, 3.8) is 0 Å². The van der Waals surface area contributed by atoms with Crippen LogP contribution in [-0.2, 0) is 20.5 Å². The Hall–Kier alpha value is -0.683. The van der Waals surface area contributed by atoms with Crippen molar-refractivity contribution in [3.05, 3.63) is 35.9 Å². The van der Waals surface area contributed by atoms with Crippen LogP contribution in [0.4, 0.5) is 0 Å². The molecule has 3 atom stereocenters. The lowest BCUT2D eigenvalue weighted by Gasteiger charge is -2.45. The lowest BCUT2D eigenvalue weighted by Crippen LogP contribution is -2.53. The minimum absolute atomic E-state index is 0.0355. The fourth-order valence-electron chi connectivity index (χ4n) is 2.96. The number of rotatable bonds is 6. The van der Waals surface area contributed by atoms with Crippen LogP contribution in [0, 0.1) is 0 Å². The second-order valence-corrected chi connectivity index (χ2v) is 13.1. The first-order valence-electron chi connectivity index (χ1n) is 9.11.